The maximum atomic E-state index is 12.1. The van der Waals surface area contributed by atoms with Crippen LogP contribution in [0.1, 0.15) is 35.7 Å². The molecule has 0 spiro atoms. The van der Waals surface area contributed by atoms with E-state index < -0.39 is 5.91 Å². The van der Waals surface area contributed by atoms with Gasteiger partial charge in [0.1, 0.15) is 11.5 Å². The summed E-state index contributed by atoms with van der Waals surface area (Å²) in [7, 11) is 1.62. The van der Waals surface area contributed by atoms with Crippen LogP contribution in [-0.4, -0.2) is 31.3 Å². The van der Waals surface area contributed by atoms with Crippen molar-refractivity contribution >= 4 is 29.1 Å². The van der Waals surface area contributed by atoms with Crippen LogP contribution in [0.3, 0.4) is 0 Å². The second-order valence-corrected chi connectivity index (χ2v) is 6.66. The van der Waals surface area contributed by atoms with Gasteiger partial charge in [-0.25, -0.2) is 0 Å². The van der Waals surface area contributed by atoms with E-state index in [9.17, 15) is 4.79 Å². The molecule has 0 atom stereocenters. The second kappa shape index (κ2) is 9.12. The van der Waals surface area contributed by atoms with Crippen LogP contribution in [0.2, 0.25) is 10.0 Å². The molecule has 0 aromatic heterocycles. The molecule has 0 heterocycles. The van der Waals surface area contributed by atoms with E-state index in [1.807, 2.05) is 26.0 Å². The predicted octanol–water partition coefficient (Wildman–Crippen LogP) is 4.64. The van der Waals surface area contributed by atoms with Gasteiger partial charge >= 0.3 is 0 Å². The largest absolute Gasteiger partial charge is 0.496 e. The molecule has 0 bridgehead atoms. The number of halogens is 2. The van der Waals surface area contributed by atoms with Crippen molar-refractivity contribution in [2.75, 3.05) is 20.3 Å². The fourth-order valence-electron chi connectivity index (χ4n) is 2.41. The number of rotatable bonds is 7. The average Bonchev–Trinajstić information content (AvgIpc) is 2.62. The van der Waals surface area contributed by atoms with E-state index in [-0.39, 0.29) is 40.4 Å². The normalized spacial score (nSPS) is 10.7. The molecule has 0 radical (unpaired) electrons. The van der Waals surface area contributed by atoms with Gasteiger partial charge in [0.2, 0.25) is 0 Å². The molecular formula is C19H21Cl2NO4. The molecule has 140 valence electrons. The van der Waals surface area contributed by atoms with Crippen LogP contribution in [0.25, 0.3) is 0 Å². The molecule has 1 amide bonds. The lowest BCUT2D eigenvalue weighted by Crippen LogP contribution is -2.26. The molecule has 0 saturated carbocycles. The van der Waals surface area contributed by atoms with Gasteiger partial charge in [0.05, 0.1) is 29.3 Å². The second-order valence-electron chi connectivity index (χ2n) is 5.88. The van der Waals surface area contributed by atoms with Gasteiger partial charge in [0.15, 0.2) is 5.75 Å². The summed E-state index contributed by atoms with van der Waals surface area (Å²) in [6, 6.07) is 8.47. The Morgan fingerprint density at radius 2 is 1.96 bits per heavy atom. The molecule has 2 aromatic carbocycles. The van der Waals surface area contributed by atoms with Crippen LogP contribution < -0.4 is 14.8 Å². The smallest absolute Gasteiger partial charge is 0.253 e. The molecule has 0 unspecified atom stereocenters. The molecule has 5 nitrogen and oxygen atoms in total. The number of aliphatic hydroxyl groups excluding tert-OH is 1. The topological polar surface area (TPSA) is 67.8 Å². The van der Waals surface area contributed by atoms with E-state index >= 15 is 0 Å². The summed E-state index contributed by atoms with van der Waals surface area (Å²) in [5.74, 6) is 1.32. The minimum atomic E-state index is -0.414. The van der Waals surface area contributed by atoms with Crippen molar-refractivity contribution in [2.24, 2.45) is 0 Å². The first-order valence-electron chi connectivity index (χ1n) is 8.11. The number of hydrogen-bond acceptors (Lipinski definition) is 4. The fraction of sp³-hybridized carbons (Fsp3) is 0.316. The standard InChI is InChI=1S/C19H21Cl2NO4/c1-11(2)14-10-12(4-7-16(14)25-3)26-18-15(20)6-5-13(17(18)21)19(24)22-8-9-23/h4-7,10-11,23H,8-9H2,1-3H3,(H,22,24). The SMILES string of the molecule is COc1ccc(Oc2c(Cl)ccc(C(=O)NCCO)c2Cl)cc1C(C)C. The summed E-state index contributed by atoms with van der Waals surface area (Å²) in [5.41, 5.74) is 1.20. The van der Waals surface area contributed by atoms with Crippen molar-refractivity contribution < 1.29 is 19.4 Å². The van der Waals surface area contributed by atoms with E-state index in [4.69, 9.17) is 37.8 Å². The lowest BCUT2D eigenvalue weighted by Gasteiger charge is -2.16. The van der Waals surface area contributed by atoms with Crippen molar-refractivity contribution in [1.29, 1.82) is 0 Å². The zero-order valence-corrected chi connectivity index (χ0v) is 16.3. The number of carbonyl (C=O) groups excluding carboxylic acids is 1. The fourth-order valence-corrected chi connectivity index (χ4v) is 2.94. The molecular weight excluding hydrogens is 377 g/mol. The van der Waals surface area contributed by atoms with E-state index in [2.05, 4.69) is 5.32 Å². The Hall–Kier alpha value is -1.95. The average molecular weight is 398 g/mol. The summed E-state index contributed by atoms with van der Waals surface area (Å²) in [5, 5.41) is 11.8. The summed E-state index contributed by atoms with van der Waals surface area (Å²) in [6.07, 6.45) is 0. The van der Waals surface area contributed by atoms with Crippen molar-refractivity contribution in [3.8, 4) is 17.2 Å². The molecule has 0 aliphatic rings. The van der Waals surface area contributed by atoms with Crippen LogP contribution in [0.4, 0.5) is 0 Å². The van der Waals surface area contributed by atoms with Crippen LogP contribution in [0, 0.1) is 0 Å². The van der Waals surface area contributed by atoms with Crippen molar-refractivity contribution in [3.63, 3.8) is 0 Å². The maximum Gasteiger partial charge on any atom is 0.253 e. The highest BCUT2D eigenvalue weighted by atomic mass is 35.5. The quantitative estimate of drug-likeness (QED) is 0.713. The molecule has 2 rings (SSSR count). The lowest BCUT2D eigenvalue weighted by atomic mass is 10.0. The number of aliphatic hydroxyl groups is 1. The van der Waals surface area contributed by atoms with Crippen LogP contribution in [0.15, 0.2) is 30.3 Å². The van der Waals surface area contributed by atoms with Crippen molar-refractivity contribution in [1.82, 2.24) is 5.32 Å². The van der Waals surface area contributed by atoms with Gasteiger partial charge in [-0.3, -0.25) is 4.79 Å². The molecule has 2 N–H and O–H groups in total. The number of ether oxygens (including phenoxy) is 2. The number of carbonyl (C=O) groups is 1. The molecule has 0 aliphatic heterocycles. The Labute approximate surface area is 162 Å². The van der Waals surface area contributed by atoms with Gasteiger partial charge in [-0.05, 0) is 36.2 Å². The first-order chi connectivity index (χ1) is 12.4. The van der Waals surface area contributed by atoms with Gasteiger partial charge < -0.3 is 19.9 Å². The van der Waals surface area contributed by atoms with E-state index in [0.29, 0.717) is 5.75 Å². The third-order valence-electron chi connectivity index (χ3n) is 3.73. The Bertz CT molecular complexity index is 793. The van der Waals surface area contributed by atoms with Crippen LogP contribution in [0.5, 0.6) is 17.2 Å². The zero-order valence-electron chi connectivity index (χ0n) is 14.8. The van der Waals surface area contributed by atoms with Gasteiger partial charge in [-0.2, -0.15) is 0 Å². The lowest BCUT2D eigenvalue weighted by molar-refractivity contribution is 0.0944. The maximum absolute atomic E-state index is 12.1. The van der Waals surface area contributed by atoms with Gasteiger partial charge in [-0.15, -0.1) is 0 Å². The molecule has 26 heavy (non-hydrogen) atoms. The van der Waals surface area contributed by atoms with Crippen molar-refractivity contribution in [3.05, 3.63) is 51.5 Å². The van der Waals surface area contributed by atoms with Crippen LogP contribution >= 0.6 is 23.2 Å². The summed E-state index contributed by atoms with van der Waals surface area (Å²) < 4.78 is 11.2. The molecule has 0 fully saturated rings. The summed E-state index contributed by atoms with van der Waals surface area (Å²) in [4.78, 5) is 12.1. The highest BCUT2D eigenvalue weighted by Crippen LogP contribution is 2.40. The molecule has 2 aromatic rings. The van der Waals surface area contributed by atoms with Gasteiger partial charge in [0, 0.05) is 12.1 Å². The van der Waals surface area contributed by atoms with E-state index in [1.165, 1.54) is 6.07 Å². The summed E-state index contributed by atoms with van der Waals surface area (Å²) >= 11 is 12.6. The highest BCUT2D eigenvalue weighted by Gasteiger charge is 2.19. The van der Waals surface area contributed by atoms with E-state index in [0.717, 1.165) is 11.3 Å². The predicted molar refractivity (Wildman–Crippen MR) is 103 cm³/mol. The number of amides is 1. The van der Waals surface area contributed by atoms with Crippen LogP contribution in [-0.2, 0) is 0 Å². The first-order valence-corrected chi connectivity index (χ1v) is 8.87. The minimum Gasteiger partial charge on any atom is -0.496 e. The van der Waals surface area contributed by atoms with E-state index in [1.54, 1.807) is 19.2 Å². The third kappa shape index (κ3) is 4.61. The number of benzene rings is 2. The first kappa shape index (κ1) is 20.4. The minimum absolute atomic E-state index is 0.106. The van der Waals surface area contributed by atoms with Crippen molar-refractivity contribution in [2.45, 2.75) is 19.8 Å². The molecule has 7 heteroatoms. The molecule has 0 aliphatic carbocycles. The number of nitrogens with one attached hydrogen (secondary N) is 1. The Balaban J connectivity index is 2.37. The number of methoxy groups -OCH3 is 1. The third-order valence-corrected chi connectivity index (χ3v) is 4.41. The Morgan fingerprint density at radius 3 is 2.58 bits per heavy atom. The van der Waals surface area contributed by atoms with Gasteiger partial charge in [-0.1, -0.05) is 37.0 Å². The Kier molecular flexibility index (Phi) is 7.14. The molecule has 0 saturated heterocycles. The highest BCUT2D eigenvalue weighted by molar-refractivity contribution is 6.39. The summed E-state index contributed by atoms with van der Waals surface area (Å²) in [6.45, 7) is 4.07. The monoisotopic (exact) mass is 397 g/mol. The number of hydrogen-bond donors (Lipinski definition) is 2. The Morgan fingerprint density at radius 1 is 1.23 bits per heavy atom. The zero-order chi connectivity index (χ0) is 19.3. The van der Waals surface area contributed by atoms with Gasteiger partial charge in [0.25, 0.3) is 5.91 Å².